The topological polar surface area (TPSA) is 43.7 Å². The van der Waals surface area contributed by atoms with Gasteiger partial charge in [-0.3, -0.25) is 0 Å². The molecular formula is C9H19NO2. The van der Waals surface area contributed by atoms with Gasteiger partial charge < -0.3 is 15.1 Å². The lowest BCUT2D eigenvalue weighted by Crippen LogP contribution is -2.50. The Hall–Kier alpha value is -0.120. The normalized spacial score (nSPS) is 22.2. The predicted octanol–water partition coefficient (Wildman–Crippen LogP) is 0.0715. The minimum absolute atomic E-state index is 0.116. The van der Waals surface area contributed by atoms with Gasteiger partial charge in [-0.25, -0.2) is 0 Å². The molecule has 0 amide bonds. The van der Waals surface area contributed by atoms with Crippen molar-refractivity contribution in [2.75, 3.05) is 26.2 Å². The Bertz CT molecular complexity index is 124. The summed E-state index contributed by atoms with van der Waals surface area (Å²) in [6, 6.07) is 0. The van der Waals surface area contributed by atoms with Crippen molar-refractivity contribution < 1.29 is 10.2 Å². The van der Waals surface area contributed by atoms with Crippen LogP contribution in [0, 0.1) is 5.92 Å². The van der Waals surface area contributed by atoms with Crippen molar-refractivity contribution in [2.24, 2.45) is 5.92 Å². The monoisotopic (exact) mass is 173 g/mol. The van der Waals surface area contributed by atoms with Gasteiger partial charge in [-0.05, 0) is 12.3 Å². The molecule has 2 N–H and O–H groups in total. The molecule has 12 heavy (non-hydrogen) atoms. The number of β-amino-alcohol motifs (C(OH)–C–C–N with tert-alkyl or cyclic N) is 1. The number of nitrogens with zero attached hydrogens (tertiary/aromatic N) is 1. The second kappa shape index (κ2) is 4.80. The third-order valence-corrected chi connectivity index (χ3v) is 2.41. The van der Waals surface area contributed by atoms with Gasteiger partial charge in [0, 0.05) is 19.6 Å². The predicted molar refractivity (Wildman–Crippen MR) is 47.9 cm³/mol. The minimum atomic E-state index is -0.549. The van der Waals surface area contributed by atoms with E-state index in [0.717, 1.165) is 19.0 Å². The van der Waals surface area contributed by atoms with Crippen LogP contribution < -0.4 is 0 Å². The summed E-state index contributed by atoms with van der Waals surface area (Å²) in [5.74, 6) is 0.834. The molecule has 0 aromatic heterocycles. The molecule has 1 fully saturated rings. The molecule has 0 saturated carbocycles. The maximum Gasteiger partial charge on any atom is 0.0897 e. The van der Waals surface area contributed by atoms with E-state index in [0.29, 0.717) is 6.54 Å². The van der Waals surface area contributed by atoms with Crippen molar-refractivity contribution in [3.8, 4) is 0 Å². The fraction of sp³-hybridized carbons (Fsp3) is 1.00. The molecule has 72 valence electrons. The molecule has 1 unspecified atom stereocenters. The summed E-state index contributed by atoms with van der Waals surface area (Å²) in [5, 5.41) is 17.7. The molecule has 0 aliphatic carbocycles. The Morgan fingerprint density at radius 2 is 2.17 bits per heavy atom. The lowest BCUT2D eigenvalue weighted by atomic mass is 9.95. The first kappa shape index (κ1) is 9.96. The fourth-order valence-electron chi connectivity index (χ4n) is 1.77. The van der Waals surface area contributed by atoms with Crippen LogP contribution in [0.3, 0.4) is 0 Å². The number of likely N-dealkylation sites (tertiary alicyclic amines) is 1. The van der Waals surface area contributed by atoms with Gasteiger partial charge in [0.15, 0.2) is 0 Å². The second-order valence-electron chi connectivity index (χ2n) is 3.71. The molecule has 1 aliphatic heterocycles. The molecule has 0 spiro atoms. The number of rotatable bonds is 5. The third-order valence-electron chi connectivity index (χ3n) is 2.41. The highest BCUT2D eigenvalue weighted by Gasteiger charge is 2.26. The summed E-state index contributed by atoms with van der Waals surface area (Å²) < 4.78 is 0. The maximum absolute atomic E-state index is 9.12. The van der Waals surface area contributed by atoms with Gasteiger partial charge in [0.2, 0.25) is 0 Å². The van der Waals surface area contributed by atoms with E-state index < -0.39 is 6.10 Å². The molecule has 1 rings (SSSR count). The summed E-state index contributed by atoms with van der Waals surface area (Å²) in [6.45, 7) is 4.92. The Kier molecular flexibility index (Phi) is 3.98. The Labute approximate surface area is 74.0 Å². The Balaban J connectivity index is 2.01. The molecule has 1 saturated heterocycles. The minimum Gasteiger partial charge on any atom is -0.394 e. The van der Waals surface area contributed by atoms with Gasteiger partial charge in [0.25, 0.3) is 0 Å². The van der Waals surface area contributed by atoms with E-state index in [9.17, 15) is 0 Å². The molecule has 0 radical (unpaired) electrons. The van der Waals surface area contributed by atoms with E-state index in [1.54, 1.807) is 0 Å². The van der Waals surface area contributed by atoms with Crippen LogP contribution in [-0.2, 0) is 0 Å². The summed E-state index contributed by atoms with van der Waals surface area (Å²) in [6.07, 6.45) is 2.00. The molecular weight excluding hydrogens is 154 g/mol. The van der Waals surface area contributed by atoms with E-state index in [4.69, 9.17) is 10.2 Å². The summed E-state index contributed by atoms with van der Waals surface area (Å²) in [5.41, 5.74) is 0. The van der Waals surface area contributed by atoms with Crippen LogP contribution in [0.1, 0.15) is 19.8 Å². The van der Waals surface area contributed by atoms with Gasteiger partial charge in [-0.15, -0.1) is 0 Å². The van der Waals surface area contributed by atoms with Crippen LogP contribution in [-0.4, -0.2) is 47.5 Å². The van der Waals surface area contributed by atoms with Crippen molar-refractivity contribution >= 4 is 0 Å². The van der Waals surface area contributed by atoms with Crippen molar-refractivity contribution in [1.82, 2.24) is 4.90 Å². The van der Waals surface area contributed by atoms with Gasteiger partial charge in [0.05, 0.1) is 12.7 Å². The molecule has 1 atom stereocenters. The van der Waals surface area contributed by atoms with Crippen LogP contribution in [0.15, 0.2) is 0 Å². The first-order valence-electron chi connectivity index (χ1n) is 4.77. The van der Waals surface area contributed by atoms with Gasteiger partial charge in [0.1, 0.15) is 0 Å². The second-order valence-corrected chi connectivity index (χ2v) is 3.71. The summed E-state index contributed by atoms with van der Waals surface area (Å²) in [7, 11) is 0. The van der Waals surface area contributed by atoms with E-state index in [1.807, 2.05) is 0 Å². The first-order valence-corrected chi connectivity index (χ1v) is 4.77. The molecule has 3 nitrogen and oxygen atoms in total. The first-order chi connectivity index (χ1) is 5.76. The zero-order valence-corrected chi connectivity index (χ0v) is 7.74. The zero-order chi connectivity index (χ0) is 8.97. The maximum atomic E-state index is 9.12. The molecule has 3 heteroatoms. The molecule has 1 aliphatic rings. The van der Waals surface area contributed by atoms with E-state index in [2.05, 4.69) is 11.8 Å². The Morgan fingerprint density at radius 3 is 2.67 bits per heavy atom. The van der Waals surface area contributed by atoms with Crippen molar-refractivity contribution in [1.29, 1.82) is 0 Å². The third kappa shape index (κ3) is 2.73. The van der Waals surface area contributed by atoms with Crippen LogP contribution in [0.4, 0.5) is 0 Å². The quantitative estimate of drug-likeness (QED) is 0.618. The molecule has 1 heterocycles. The largest absolute Gasteiger partial charge is 0.394 e. The number of hydrogen-bond acceptors (Lipinski definition) is 3. The average Bonchev–Trinajstić information content (AvgIpc) is 2.00. The highest BCUT2D eigenvalue weighted by Crippen LogP contribution is 2.19. The van der Waals surface area contributed by atoms with Crippen LogP contribution >= 0.6 is 0 Å². The summed E-state index contributed by atoms with van der Waals surface area (Å²) >= 11 is 0. The molecule has 0 bridgehead atoms. The van der Waals surface area contributed by atoms with Gasteiger partial charge in [-0.2, -0.15) is 0 Å². The highest BCUT2D eigenvalue weighted by molar-refractivity contribution is 4.80. The average molecular weight is 173 g/mol. The SMILES string of the molecule is CCCC1CN(CC(O)CO)C1. The van der Waals surface area contributed by atoms with Crippen LogP contribution in [0.25, 0.3) is 0 Å². The van der Waals surface area contributed by atoms with Crippen molar-refractivity contribution in [2.45, 2.75) is 25.9 Å². The van der Waals surface area contributed by atoms with E-state index >= 15 is 0 Å². The Morgan fingerprint density at radius 1 is 1.50 bits per heavy atom. The fourth-order valence-corrected chi connectivity index (χ4v) is 1.77. The van der Waals surface area contributed by atoms with Crippen LogP contribution in [0.2, 0.25) is 0 Å². The lowest BCUT2D eigenvalue weighted by Gasteiger charge is -2.40. The van der Waals surface area contributed by atoms with Gasteiger partial charge in [-0.1, -0.05) is 13.3 Å². The molecule has 0 aromatic rings. The number of aliphatic hydroxyl groups excluding tert-OH is 2. The highest BCUT2D eigenvalue weighted by atomic mass is 16.3. The van der Waals surface area contributed by atoms with Crippen molar-refractivity contribution in [3.05, 3.63) is 0 Å². The van der Waals surface area contributed by atoms with Crippen LogP contribution in [0.5, 0.6) is 0 Å². The molecule has 0 aromatic carbocycles. The van der Waals surface area contributed by atoms with Gasteiger partial charge >= 0.3 is 0 Å². The lowest BCUT2D eigenvalue weighted by molar-refractivity contribution is 0.0125. The standard InChI is InChI=1S/C9H19NO2/c1-2-3-8-4-10(5-8)6-9(12)7-11/h8-9,11-12H,2-7H2,1H3. The van der Waals surface area contributed by atoms with E-state index in [1.165, 1.54) is 12.8 Å². The van der Waals surface area contributed by atoms with Crippen molar-refractivity contribution in [3.63, 3.8) is 0 Å². The number of aliphatic hydroxyl groups is 2. The zero-order valence-electron chi connectivity index (χ0n) is 7.74. The number of hydrogen-bond donors (Lipinski definition) is 2. The smallest absolute Gasteiger partial charge is 0.0897 e. The summed E-state index contributed by atoms with van der Waals surface area (Å²) in [4.78, 5) is 2.20. The van der Waals surface area contributed by atoms with E-state index in [-0.39, 0.29) is 6.61 Å².